The molecular weight excluding hydrogens is 216 g/mol. The van der Waals surface area contributed by atoms with Crippen molar-refractivity contribution in [2.75, 3.05) is 19.0 Å². The van der Waals surface area contributed by atoms with E-state index in [9.17, 15) is 4.79 Å². The largest absolute Gasteiger partial charge is 0.364 e. The molecule has 4 nitrogen and oxygen atoms in total. The van der Waals surface area contributed by atoms with E-state index in [0.29, 0.717) is 18.1 Å². The van der Waals surface area contributed by atoms with E-state index in [2.05, 4.69) is 16.6 Å². The highest BCUT2D eigenvalue weighted by atomic mass is 35.5. The van der Waals surface area contributed by atoms with Gasteiger partial charge in [-0.2, -0.15) is 0 Å². The Labute approximate surface area is 94.2 Å². The van der Waals surface area contributed by atoms with Gasteiger partial charge in [-0.3, -0.25) is 4.79 Å². The van der Waals surface area contributed by atoms with Gasteiger partial charge >= 0.3 is 0 Å². The Morgan fingerprint density at radius 2 is 2.40 bits per heavy atom. The first-order chi connectivity index (χ1) is 7.29. The summed E-state index contributed by atoms with van der Waals surface area (Å²) in [4.78, 5) is 13.5. The summed E-state index contributed by atoms with van der Waals surface area (Å²) in [6.45, 7) is 3.35. The predicted molar refractivity (Wildman–Crippen MR) is 58.0 cm³/mol. The molecule has 0 spiro atoms. The van der Waals surface area contributed by atoms with Crippen LogP contribution in [-0.2, 0) is 0 Å². The van der Waals surface area contributed by atoms with Gasteiger partial charge in [0.1, 0.15) is 6.26 Å². The van der Waals surface area contributed by atoms with Crippen molar-refractivity contribution in [2.45, 2.75) is 19.8 Å². The molecule has 0 unspecified atom stereocenters. The zero-order valence-corrected chi connectivity index (χ0v) is 9.54. The molecule has 1 rings (SSSR count). The highest BCUT2D eigenvalue weighted by molar-refractivity contribution is 6.18. The molecule has 0 aliphatic heterocycles. The van der Waals surface area contributed by atoms with Gasteiger partial charge in [0.2, 0.25) is 0 Å². The van der Waals surface area contributed by atoms with E-state index in [1.54, 1.807) is 11.0 Å². The van der Waals surface area contributed by atoms with Crippen molar-refractivity contribution in [3.63, 3.8) is 0 Å². The number of nitrogens with zero attached hydrogens (tertiary/aromatic N) is 2. The monoisotopic (exact) mass is 230 g/mol. The van der Waals surface area contributed by atoms with Crippen LogP contribution in [0.25, 0.3) is 0 Å². The number of halogens is 1. The summed E-state index contributed by atoms with van der Waals surface area (Å²) in [5, 5.41) is 3.62. The number of carbonyl (C=O) groups is 1. The first-order valence-electron chi connectivity index (χ1n) is 5.05. The topological polar surface area (TPSA) is 46.3 Å². The van der Waals surface area contributed by atoms with Gasteiger partial charge in [-0.05, 0) is 6.42 Å². The van der Waals surface area contributed by atoms with Gasteiger partial charge in [0.05, 0.1) is 0 Å². The average Bonchev–Trinajstić information content (AvgIpc) is 2.76. The second-order valence-corrected chi connectivity index (χ2v) is 3.60. The Balaban J connectivity index is 2.58. The average molecular weight is 231 g/mol. The van der Waals surface area contributed by atoms with E-state index >= 15 is 0 Å². The molecule has 0 aliphatic rings. The van der Waals surface area contributed by atoms with Crippen LogP contribution in [0.2, 0.25) is 0 Å². The second kappa shape index (κ2) is 6.45. The van der Waals surface area contributed by atoms with E-state index < -0.39 is 0 Å². The maximum Gasteiger partial charge on any atom is 0.276 e. The van der Waals surface area contributed by atoms with Crippen LogP contribution in [0, 0.1) is 0 Å². The molecule has 0 aromatic carbocycles. The third-order valence-corrected chi connectivity index (χ3v) is 2.25. The second-order valence-electron chi connectivity index (χ2n) is 3.22. The molecule has 0 atom stereocenters. The van der Waals surface area contributed by atoms with Crippen molar-refractivity contribution >= 4 is 17.5 Å². The van der Waals surface area contributed by atoms with E-state index in [1.807, 2.05) is 0 Å². The van der Waals surface area contributed by atoms with E-state index in [0.717, 1.165) is 19.4 Å². The minimum atomic E-state index is -0.113. The normalized spacial score (nSPS) is 10.3. The summed E-state index contributed by atoms with van der Waals surface area (Å²) in [5.74, 6) is 0.325. The first kappa shape index (κ1) is 12.0. The van der Waals surface area contributed by atoms with Crippen LogP contribution in [0.15, 0.2) is 16.9 Å². The van der Waals surface area contributed by atoms with Crippen LogP contribution in [0.1, 0.15) is 30.3 Å². The number of aromatic nitrogens is 1. The number of carbonyl (C=O) groups excluding carboxylic acids is 1. The molecule has 5 heteroatoms. The summed E-state index contributed by atoms with van der Waals surface area (Å²) in [6.07, 6.45) is 3.41. The lowest BCUT2D eigenvalue weighted by atomic mass is 10.3. The molecule has 0 saturated heterocycles. The van der Waals surface area contributed by atoms with Gasteiger partial charge in [-0.1, -0.05) is 18.5 Å². The van der Waals surface area contributed by atoms with Crippen LogP contribution in [-0.4, -0.2) is 34.9 Å². The molecule has 0 saturated carbocycles. The van der Waals surface area contributed by atoms with E-state index in [1.165, 1.54) is 6.26 Å². The van der Waals surface area contributed by atoms with E-state index in [-0.39, 0.29) is 5.91 Å². The van der Waals surface area contributed by atoms with Crippen molar-refractivity contribution in [2.24, 2.45) is 0 Å². The minimum absolute atomic E-state index is 0.113. The molecule has 0 bridgehead atoms. The van der Waals surface area contributed by atoms with E-state index in [4.69, 9.17) is 11.6 Å². The molecule has 15 heavy (non-hydrogen) atoms. The third kappa shape index (κ3) is 3.55. The lowest BCUT2D eigenvalue weighted by Gasteiger charge is -2.19. The summed E-state index contributed by atoms with van der Waals surface area (Å²) in [7, 11) is 0. The SMILES string of the molecule is CCCCN(CCCl)C(=O)c1ccon1. The fourth-order valence-corrected chi connectivity index (χ4v) is 1.45. The van der Waals surface area contributed by atoms with Gasteiger partial charge in [0.15, 0.2) is 5.69 Å². The number of hydrogen-bond donors (Lipinski definition) is 0. The molecule has 1 aromatic heterocycles. The Bertz CT molecular complexity index is 288. The molecule has 1 aromatic rings. The predicted octanol–water partition coefficient (Wildman–Crippen LogP) is 2.16. The highest BCUT2D eigenvalue weighted by Crippen LogP contribution is 2.04. The molecule has 0 radical (unpaired) electrons. The molecule has 1 amide bonds. The van der Waals surface area contributed by atoms with Gasteiger partial charge in [0, 0.05) is 25.0 Å². The molecule has 1 heterocycles. The number of rotatable bonds is 6. The Morgan fingerprint density at radius 3 is 2.93 bits per heavy atom. The number of amides is 1. The summed E-state index contributed by atoms with van der Waals surface area (Å²) in [6, 6.07) is 1.56. The van der Waals surface area contributed by atoms with Crippen molar-refractivity contribution in [3.05, 3.63) is 18.0 Å². The lowest BCUT2D eigenvalue weighted by molar-refractivity contribution is 0.0753. The van der Waals surface area contributed by atoms with Crippen LogP contribution < -0.4 is 0 Å². The maximum atomic E-state index is 11.8. The number of hydrogen-bond acceptors (Lipinski definition) is 3. The van der Waals surface area contributed by atoms with Crippen molar-refractivity contribution in [3.8, 4) is 0 Å². The van der Waals surface area contributed by atoms with Gasteiger partial charge in [0.25, 0.3) is 5.91 Å². The fourth-order valence-electron chi connectivity index (χ4n) is 1.25. The standard InChI is InChI=1S/C10H15ClN2O2/c1-2-3-6-13(7-5-11)10(14)9-4-8-15-12-9/h4,8H,2-3,5-7H2,1H3. The summed E-state index contributed by atoms with van der Waals surface area (Å²) >= 11 is 5.64. The summed E-state index contributed by atoms with van der Waals surface area (Å²) < 4.78 is 4.64. The first-order valence-corrected chi connectivity index (χ1v) is 5.58. The molecule has 0 N–H and O–H groups in total. The summed E-state index contributed by atoms with van der Waals surface area (Å²) in [5.41, 5.74) is 0.344. The lowest BCUT2D eigenvalue weighted by Crippen LogP contribution is -2.33. The van der Waals surface area contributed by atoms with Crippen molar-refractivity contribution in [1.82, 2.24) is 10.1 Å². The van der Waals surface area contributed by atoms with Gasteiger partial charge in [-0.15, -0.1) is 11.6 Å². The molecule has 84 valence electrons. The quantitative estimate of drug-likeness (QED) is 0.704. The zero-order valence-electron chi connectivity index (χ0n) is 8.78. The van der Waals surface area contributed by atoms with Crippen molar-refractivity contribution in [1.29, 1.82) is 0 Å². The molecule has 0 aliphatic carbocycles. The van der Waals surface area contributed by atoms with Crippen molar-refractivity contribution < 1.29 is 9.32 Å². The van der Waals surface area contributed by atoms with Crippen LogP contribution >= 0.6 is 11.6 Å². The van der Waals surface area contributed by atoms with Crippen LogP contribution in [0.3, 0.4) is 0 Å². The van der Waals surface area contributed by atoms with Crippen LogP contribution in [0.4, 0.5) is 0 Å². The molecule has 0 fully saturated rings. The molecular formula is C10H15ClN2O2. The third-order valence-electron chi connectivity index (χ3n) is 2.08. The smallest absolute Gasteiger partial charge is 0.276 e. The van der Waals surface area contributed by atoms with Gasteiger partial charge in [-0.25, -0.2) is 0 Å². The zero-order chi connectivity index (χ0) is 11.1. The van der Waals surface area contributed by atoms with Crippen LogP contribution in [0.5, 0.6) is 0 Å². The highest BCUT2D eigenvalue weighted by Gasteiger charge is 2.16. The number of unbranched alkanes of at least 4 members (excludes halogenated alkanes) is 1. The number of alkyl halides is 1. The maximum absolute atomic E-state index is 11.8. The Hall–Kier alpha value is -1.03. The minimum Gasteiger partial charge on any atom is -0.364 e. The fraction of sp³-hybridized carbons (Fsp3) is 0.600. The van der Waals surface area contributed by atoms with Gasteiger partial charge < -0.3 is 9.42 Å². The Kier molecular flexibility index (Phi) is 5.18. The Morgan fingerprint density at radius 1 is 1.60 bits per heavy atom.